The number of hydrazone groups is 1. The summed E-state index contributed by atoms with van der Waals surface area (Å²) < 4.78 is 17.1. The summed E-state index contributed by atoms with van der Waals surface area (Å²) in [7, 11) is 4.44. The molecule has 0 spiro atoms. The number of aromatic nitrogens is 2. The molecule has 8 nitrogen and oxygen atoms in total. The molecular weight excluding hydrogens is 372 g/mol. The van der Waals surface area contributed by atoms with Crippen molar-refractivity contribution in [1.29, 1.82) is 0 Å². The topological polar surface area (TPSA) is 87.0 Å². The summed E-state index contributed by atoms with van der Waals surface area (Å²) in [4.78, 5) is 11.3. The van der Waals surface area contributed by atoms with E-state index in [1.807, 2.05) is 59.4 Å². The fourth-order valence-electron chi connectivity index (χ4n) is 2.79. The van der Waals surface area contributed by atoms with Gasteiger partial charge in [0.05, 0.1) is 34.1 Å². The van der Waals surface area contributed by atoms with Crippen molar-refractivity contribution in [1.82, 2.24) is 15.2 Å². The van der Waals surface area contributed by atoms with Gasteiger partial charge in [0.1, 0.15) is 5.69 Å². The third-order valence-electron chi connectivity index (χ3n) is 4.18. The Bertz CT molecular complexity index is 999. The summed E-state index contributed by atoms with van der Waals surface area (Å²) >= 11 is 0. The molecular formula is C21H22N4O4. The van der Waals surface area contributed by atoms with Gasteiger partial charge in [0.2, 0.25) is 0 Å². The molecule has 0 aliphatic rings. The molecule has 3 rings (SSSR count). The van der Waals surface area contributed by atoms with Crippen LogP contribution < -0.4 is 14.9 Å². The van der Waals surface area contributed by atoms with Crippen LogP contribution in [0.4, 0.5) is 4.79 Å². The standard InChI is InChI=1S/C21H22N4O4/c1-27-18-10-9-16(11-19(18)28-2)20-17(12-22-23-21(26)29-3)14-25(24-20)13-15-7-5-4-6-8-15/h4-12,14H,13H2,1-3H3,(H,23,26)/b22-12-. The van der Waals surface area contributed by atoms with E-state index >= 15 is 0 Å². The van der Waals surface area contributed by atoms with E-state index in [2.05, 4.69) is 15.3 Å². The molecule has 0 saturated heterocycles. The van der Waals surface area contributed by atoms with Gasteiger partial charge < -0.3 is 14.2 Å². The first-order valence-corrected chi connectivity index (χ1v) is 8.85. The second-order valence-electron chi connectivity index (χ2n) is 6.05. The first kappa shape index (κ1) is 19.9. The van der Waals surface area contributed by atoms with Crippen molar-refractivity contribution in [3.63, 3.8) is 0 Å². The predicted octanol–water partition coefficient (Wildman–Crippen LogP) is 3.31. The van der Waals surface area contributed by atoms with Crippen LogP contribution in [0.5, 0.6) is 11.5 Å². The summed E-state index contributed by atoms with van der Waals surface area (Å²) in [5.74, 6) is 1.22. The zero-order chi connectivity index (χ0) is 20.6. The highest BCUT2D eigenvalue weighted by Gasteiger charge is 2.14. The number of carbonyl (C=O) groups is 1. The SMILES string of the molecule is COC(=O)N/N=C\c1cn(Cc2ccccc2)nc1-c1ccc(OC)c(OC)c1. The van der Waals surface area contributed by atoms with Gasteiger partial charge in [-0.15, -0.1) is 0 Å². The Labute approximate surface area is 168 Å². The second kappa shape index (κ2) is 9.41. The zero-order valence-corrected chi connectivity index (χ0v) is 16.5. The Morgan fingerprint density at radius 2 is 1.86 bits per heavy atom. The first-order valence-electron chi connectivity index (χ1n) is 8.85. The quantitative estimate of drug-likeness (QED) is 0.491. The van der Waals surface area contributed by atoms with Crippen molar-refractivity contribution in [2.75, 3.05) is 21.3 Å². The van der Waals surface area contributed by atoms with Gasteiger partial charge in [-0.3, -0.25) is 4.68 Å². The van der Waals surface area contributed by atoms with Gasteiger partial charge in [0.25, 0.3) is 0 Å². The zero-order valence-electron chi connectivity index (χ0n) is 16.5. The highest BCUT2D eigenvalue weighted by molar-refractivity contribution is 5.89. The molecule has 0 unspecified atom stereocenters. The number of benzene rings is 2. The number of nitrogens with zero attached hydrogens (tertiary/aromatic N) is 3. The highest BCUT2D eigenvalue weighted by atomic mass is 16.5. The Morgan fingerprint density at radius 1 is 1.10 bits per heavy atom. The minimum atomic E-state index is -0.648. The Kier molecular flexibility index (Phi) is 6.47. The normalized spacial score (nSPS) is 10.7. The van der Waals surface area contributed by atoms with Gasteiger partial charge in [0, 0.05) is 17.3 Å². The number of hydrogen-bond acceptors (Lipinski definition) is 6. The summed E-state index contributed by atoms with van der Waals surface area (Å²) in [5.41, 5.74) is 5.65. The molecule has 0 bridgehead atoms. The van der Waals surface area contributed by atoms with Crippen LogP contribution in [-0.4, -0.2) is 43.4 Å². The molecule has 0 aliphatic heterocycles. The molecule has 1 aromatic heterocycles. The van der Waals surface area contributed by atoms with Crippen LogP contribution in [-0.2, 0) is 11.3 Å². The van der Waals surface area contributed by atoms with E-state index < -0.39 is 6.09 Å². The maximum Gasteiger partial charge on any atom is 0.427 e. The molecule has 0 saturated carbocycles. The van der Waals surface area contributed by atoms with Crippen LogP contribution >= 0.6 is 0 Å². The number of rotatable bonds is 7. The fraction of sp³-hybridized carbons (Fsp3) is 0.190. The van der Waals surface area contributed by atoms with Gasteiger partial charge in [-0.05, 0) is 23.8 Å². The molecule has 1 heterocycles. The lowest BCUT2D eigenvalue weighted by molar-refractivity contribution is 0.171. The van der Waals surface area contributed by atoms with Gasteiger partial charge in [-0.1, -0.05) is 30.3 Å². The van der Waals surface area contributed by atoms with Crippen LogP contribution in [0.15, 0.2) is 59.8 Å². The number of carbonyl (C=O) groups excluding carboxylic acids is 1. The van der Waals surface area contributed by atoms with E-state index in [0.29, 0.717) is 23.7 Å². The molecule has 29 heavy (non-hydrogen) atoms. The van der Waals surface area contributed by atoms with Crippen molar-refractivity contribution in [3.05, 3.63) is 65.9 Å². The van der Waals surface area contributed by atoms with Crippen LogP contribution in [0, 0.1) is 0 Å². The van der Waals surface area contributed by atoms with Gasteiger partial charge in [0.15, 0.2) is 11.5 Å². The van der Waals surface area contributed by atoms with Crippen LogP contribution in [0.2, 0.25) is 0 Å². The first-order chi connectivity index (χ1) is 14.1. The Hall–Kier alpha value is -3.81. The monoisotopic (exact) mass is 394 g/mol. The molecule has 150 valence electrons. The van der Waals surface area contributed by atoms with Gasteiger partial charge in [-0.25, -0.2) is 10.2 Å². The van der Waals surface area contributed by atoms with Crippen molar-refractivity contribution in [3.8, 4) is 22.8 Å². The van der Waals surface area contributed by atoms with Gasteiger partial charge in [-0.2, -0.15) is 10.2 Å². The lowest BCUT2D eigenvalue weighted by Gasteiger charge is -2.09. The van der Waals surface area contributed by atoms with E-state index in [9.17, 15) is 4.79 Å². The summed E-state index contributed by atoms with van der Waals surface area (Å²) in [5, 5.41) is 8.65. The molecule has 1 N–H and O–H groups in total. The number of amides is 1. The molecule has 3 aromatic rings. The number of hydrogen-bond donors (Lipinski definition) is 1. The van der Waals surface area contributed by atoms with Crippen molar-refractivity contribution >= 4 is 12.3 Å². The van der Waals surface area contributed by atoms with Crippen LogP contribution in [0.1, 0.15) is 11.1 Å². The minimum absolute atomic E-state index is 0.596. The molecule has 2 aromatic carbocycles. The Balaban J connectivity index is 1.97. The Morgan fingerprint density at radius 3 is 2.55 bits per heavy atom. The average Bonchev–Trinajstić information content (AvgIpc) is 3.16. The molecule has 1 amide bonds. The summed E-state index contributed by atoms with van der Waals surface area (Å²) in [6.07, 6.45) is 2.74. The molecule has 0 fully saturated rings. The van der Waals surface area contributed by atoms with Crippen LogP contribution in [0.3, 0.4) is 0 Å². The number of nitrogens with one attached hydrogen (secondary N) is 1. The van der Waals surface area contributed by atoms with E-state index in [4.69, 9.17) is 14.6 Å². The third kappa shape index (κ3) is 4.92. The van der Waals surface area contributed by atoms with E-state index in [1.54, 1.807) is 14.2 Å². The second-order valence-corrected chi connectivity index (χ2v) is 6.05. The van der Waals surface area contributed by atoms with E-state index in [-0.39, 0.29) is 0 Å². The third-order valence-corrected chi connectivity index (χ3v) is 4.18. The predicted molar refractivity (Wildman–Crippen MR) is 109 cm³/mol. The molecule has 0 atom stereocenters. The van der Waals surface area contributed by atoms with E-state index in [0.717, 1.165) is 16.7 Å². The number of ether oxygens (including phenoxy) is 3. The largest absolute Gasteiger partial charge is 0.493 e. The maximum absolute atomic E-state index is 11.3. The smallest absolute Gasteiger partial charge is 0.427 e. The van der Waals surface area contributed by atoms with Crippen molar-refractivity contribution in [2.45, 2.75) is 6.54 Å². The lowest BCUT2D eigenvalue weighted by Crippen LogP contribution is -2.16. The van der Waals surface area contributed by atoms with Crippen LogP contribution in [0.25, 0.3) is 11.3 Å². The maximum atomic E-state index is 11.3. The average molecular weight is 394 g/mol. The minimum Gasteiger partial charge on any atom is -0.493 e. The summed E-state index contributed by atoms with van der Waals surface area (Å²) in [6, 6.07) is 15.6. The van der Waals surface area contributed by atoms with Crippen molar-refractivity contribution in [2.24, 2.45) is 5.10 Å². The number of methoxy groups -OCH3 is 3. The lowest BCUT2D eigenvalue weighted by atomic mass is 10.1. The molecule has 0 radical (unpaired) electrons. The van der Waals surface area contributed by atoms with E-state index in [1.165, 1.54) is 13.3 Å². The molecule has 8 heteroatoms. The fourth-order valence-corrected chi connectivity index (χ4v) is 2.79. The van der Waals surface area contributed by atoms with Crippen molar-refractivity contribution < 1.29 is 19.0 Å². The van der Waals surface area contributed by atoms with Gasteiger partial charge >= 0.3 is 6.09 Å². The highest BCUT2D eigenvalue weighted by Crippen LogP contribution is 2.32. The summed E-state index contributed by atoms with van der Waals surface area (Å²) in [6.45, 7) is 0.597. The molecule has 0 aliphatic carbocycles.